The van der Waals surface area contributed by atoms with E-state index in [-0.39, 0.29) is 11.9 Å². The van der Waals surface area contributed by atoms with Gasteiger partial charge in [0.15, 0.2) is 0 Å². The Kier molecular flexibility index (Phi) is 4.82. The number of rotatable bonds is 3. The average molecular weight is 346 g/mol. The van der Waals surface area contributed by atoms with Crippen LogP contribution in [0.3, 0.4) is 0 Å². The predicted molar refractivity (Wildman–Crippen MR) is 95.1 cm³/mol. The van der Waals surface area contributed by atoms with E-state index >= 15 is 0 Å². The van der Waals surface area contributed by atoms with Gasteiger partial charge in [-0.25, -0.2) is 0 Å². The van der Waals surface area contributed by atoms with Crippen molar-refractivity contribution >= 4 is 5.91 Å². The zero-order chi connectivity index (χ0) is 17.4. The molecule has 0 unspecified atom stereocenters. The van der Waals surface area contributed by atoms with Gasteiger partial charge in [0, 0.05) is 44.3 Å². The van der Waals surface area contributed by atoms with Crippen molar-refractivity contribution in [1.82, 2.24) is 20.3 Å². The number of aromatic nitrogens is 1. The number of hydrogen-bond donors (Lipinski definition) is 1. The number of fused-ring (bicyclic) bond motifs is 1. The number of nitrogens with zero attached hydrogens (tertiary/aromatic N) is 3. The third kappa shape index (κ3) is 3.47. The van der Waals surface area contributed by atoms with Gasteiger partial charge in [0.05, 0.1) is 11.7 Å². The van der Waals surface area contributed by atoms with E-state index in [1.165, 1.54) is 31.2 Å². The Morgan fingerprint density at radius 1 is 1.16 bits per heavy atom. The number of amides is 1. The molecule has 0 radical (unpaired) electrons. The van der Waals surface area contributed by atoms with E-state index in [1.807, 2.05) is 13.8 Å². The monoisotopic (exact) mass is 346 g/mol. The van der Waals surface area contributed by atoms with Gasteiger partial charge in [-0.15, -0.1) is 0 Å². The number of nitrogens with one attached hydrogen (secondary N) is 1. The lowest BCUT2D eigenvalue weighted by molar-refractivity contribution is -0.132. The van der Waals surface area contributed by atoms with Crippen molar-refractivity contribution in [3.05, 3.63) is 17.0 Å². The molecule has 0 spiro atoms. The maximum absolute atomic E-state index is 12.6. The van der Waals surface area contributed by atoms with Crippen LogP contribution in [0.5, 0.6) is 0 Å². The Morgan fingerprint density at radius 2 is 1.92 bits per heavy atom. The van der Waals surface area contributed by atoms with Gasteiger partial charge in [0.2, 0.25) is 5.91 Å². The van der Waals surface area contributed by atoms with Crippen molar-refractivity contribution < 1.29 is 9.32 Å². The van der Waals surface area contributed by atoms with Crippen LogP contribution in [0.25, 0.3) is 0 Å². The molecule has 1 amide bonds. The van der Waals surface area contributed by atoms with E-state index in [9.17, 15) is 4.79 Å². The number of hydrogen-bond acceptors (Lipinski definition) is 5. The SMILES string of the molecule is Cc1noc(C)c1CN1CCN([C@@H]2C[C@H]3CCCC[C@H]3NC2=O)CC1. The Balaban J connectivity index is 1.33. The van der Waals surface area contributed by atoms with Gasteiger partial charge in [0.1, 0.15) is 5.76 Å². The molecule has 3 aliphatic rings. The Morgan fingerprint density at radius 3 is 2.64 bits per heavy atom. The van der Waals surface area contributed by atoms with Crippen LogP contribution in [-0.4, -0.2) is 59.1 Å². The van der Waals surface area contributed by atoms with Gasteiger partial charge in [0.25, 0.3) is 0 Å². The van der Waals surface area contributed by atoms with Crippen LogP contribution < -0.4 is 5.32 Å². The highest BCUT2D eigenvalue weighted by Crippen LogP contribution is 2.33. The van der Waals surface area contributed by atoms with Crippen molar-refractivity contribution in [3.8, 4) is 0 Å². The summed E-state index contributed by atoms with van der Waals surface area (Å²) in [7, 11) is 0. The number of carbonyl (C=O) groups is 1. The van der Waals surface area contributed by atoms with Crippen molar-refractivity contribution in [3.63, 3.8) is 0 Å². The number of aryl methyl sites for hydroxylation is 2. The van der Waals surface area contributed by atoms with Crippen LogP contribution >= 0.6 is 0 Å². The third-order valence-electron chi connectivity index (χ3n) is 6.48. The lowest BCUT2D eigenvalue weighted by Gasteiger charge is -2.45. The molecule has 6 heteroatoms. The predicted octanol–water partition coefficient (Wildman–Crippen LogP) is 1.86. The largest absolute Gasteiger partial charge is 0.361 e. The van der Waals surface area contributed by atoms with E-state index < -0.39 is 0 Å². The normalized spacial score (nSPS) is 31.6. The Bertz CT molecular complexity index is 601. The van der Waals surface area contributed by atoms with Crippen molar-refractivity contribution in [2.75, 3.05) is 26.2 Å². The molecule has 3 heterocycles. The quantitative estimate of drug-likeness (QED) is 0.905. The molecule has 1 aliphatic carbocycles. The molecular weight excluding hydrogens is 316 g/mol. The zero-order valence-electron chi connectivity index (χ0n) is 15.5. The van der Waals surface area contributed by atoms with Crippen LogP contribution in [-0.2, 0) is 11.3 Å². The maximum atomic E-state index is 12.6. The molecule has 1 saturated carbocycles. The highest BCUT2D eigenvalue weighted by molar-refractivity contribution is 5.83. The molecule has 138 valence electrons. The minimum atomic E-state index is 0.0839. The van der Waals surface area contributed by atoms with E-state index in [2.05, 4.69) is 20.3 Å². The summed E-state index contributed by atoms with van der Waals surface area (Å²) in [5, 5.41) is 7.37. The first kappa shape index (κ1) is 17.0. The average Bonchev–Trinajstić information content (AvgIpc) is 2.94. The molecule has 2 aliphatic heterocycles. The summed E-state index contributed by atoms with van der Waals surface area (Å²) in [6, 6.07) is 0.527. The van der Waals surface area contributed by atoms with E-state index in [0.717, 1.165) is 50.6 Å². The summed E-state index contributed by atoms with van der Waals surface area (Å²) in [4.78, 5) is 17.4. The fourth-order valence-corrected chi connectivity index (χ4v) is 4.85. The second-order valence-corrected chi connectivity index (χ2v) is 8.03. The molecule has 3 atom stereocenters. The molecule has 1 N–H and O–H groups in total. The molecule has 1 aromatic heterocycles. The van der Waals surface area contributed by atoms with Crippen molar-refractivity contribution in [2.24, 2.45) is 5.92 Å². The van der Waals surface area contributed by atoms with E-state index in [4.69, 9.17) is 4.52 Å². The first-order valence-corrected chi connectivity index (χ1v) is 9.80. The van der Waals surface area contributed by atoms with Gasteiger partial charge in [-0.1, -0.05) is 18.0 Å². The summed E-state index contributed by atoms with van der Waals surface area (Å²) in [6.07, 6.45) is 6.11. The number of piperazine rings is 1. The maximum Gasteiger partial charge on any atom is 0.237 e. The van der Waals surface area contributed by atoms with Crippen molar-refractivity contribution in [1.29, 1.82) is 0 Å². The fourth-order valence-electron chi connectivity index (χ4n) is 4.85. The standard InChI is InChI=1S/C19H30N4O2/c1-13-16(14(2)25-21-13)12-22-7-9-23(10-8-22)18-11-15-5-3-4-6-17(15)20-19(18)24/h15,17-18H,3-12H2,1-2H3,(H,20,24)/t15-,17-,18-/m1/s1. The molecule has 2 saturated heterocycles. The summed E-state index contributed by atoms with van der Waals surface area (Å²) >= 11 is 0. The molecule has 0 bridgehead atoms. The minimum Gasteiger partial charge on any atom is -0.361 e. The van der Waals surface area contributed by atoms with Crippen LogP contribution in [0.15, 0.2) is 4.52 Å². The molecule has 0 aromatic carbocycles. The molecule has 1 aromatic rings. The second-order valence-electron chi connectivity index (χ2n) is 8.03. The van der Waals surface area contributed by atoms with Gasteiger partial charge in [-0.05, 0) is 39.0 Å². The van der Waals surface area contributed by atoms with E-state index in [0.29, 0.717) is 12.0 Å². The molecule has 4 rings (SSSR count). The van der Waals surface area contributed by atoms with Crippen molar-refractivity contribution in [2.45, 2.75) is 64.6 Å². The molecule has 3 fully saturated rings. The Hall–Kier alpha value is -1.40. The topological polar surface area (TPSA) is 61.6 Å². The first-order valence-electron chi connectivity index (χ1n) is 9.80. The molecule has 25 heavy (non-hydrogen) atoms. The third-order valence-corrected chi connectivity index (χ3v) is 6.48. The lowest BCUT2D eigenvalue weighted by atomic mass is 9.77. The van der Waals surface area contributed by atoms with Crippen LogP contribution in [0.2, 0.25) is 0 Å². The van der Waals surface area contributed by atoms with Crippen LogP contribution in [0.4, 0.5) is 0 Å². The Labute approximate surface area is 149 Å². The van der Waals surface area contributed by atoms with Gasteiger partial charge in [-0.3, -0.25) is 14.6 Å². The number of piperidine rings is 1. The number of carbonyl (C=O) groups excluding carboxylic acids is 1. The smallest absolute Gasteiger partial charge is 0.237 e. The fraction of sp³-hybridized carbons (Fsp3) is 0.789. The summed E-state index contributed by atoms with van der Waals surface area (Å²) in [5.41, 5.74) is 2.21. The molecule has 6 nitrogen and oxygen atoms in total. The highest BCUT2D eigenvalue weighted by Gasteiger charge is 2.40. The molecular formula is C19H30N4O2. The first-order chi connectivity index (χ1) is 12.1. The summed E-state index contributed by atoms with van der Waals surface area (Å²) < 4.78 is 5.28. The van der Waals surface area contributed by atoms with Gasteiger partial charge < -0.3 is 9.84 Å². The minimum absolute atomic E-state index is 0.0839. The highest BCUT2D eigenvalue weighted by atomic mass is 16.5. The van der Waals surface area contributed by atoms with Gasteiger partial charge in [-0.2, -0.15) is 0 Å². The van der Waals surface area contributed by atoms with Crippen LogP contribution in [0.1, 0.15) is 49.1 Å². The lowest BCUT2D eigenvalue weighted by Crippen LogP contribution is -2.61. The summed E-state index contributed by atoms with van der Waals surface area (Å²) in [5.74, 6) is 1.88. The summed E-state index contributed by atoms with van der Waals surface area (Å²) in [6.45, 7) is 8.84. The van der Waals surface area contributed by atoms with Crippen LogP contribution in [0, 0.1) is 19.8 Å². The second kappa shape index (κ2) is 7.08. The van der Waals surface area contributed by atoms with Gasteiger partial charge >= 0.3 is 0 Å². The van der Waals surface area contributed by atoms with E-state index in [1.54, 1.807) is 0 Å². The zero-order valence-corrected chi connectivity index (χ0v) is 15.5.